The van der Waals surface area contributed by atoms with Crippen LogP contribution in [-0.4, -0.2) is 45.5 Å². The number of nitrogens with zero attached hydrogens (tertiary/aromatic N) is 2. The molecule has 6 nitrogen and oxygen atoms in total. The van der Waals surface area contributed by atoms with Crippen LogP contribution in [0.15, 0.2) is 0 Å². The highest BCUT2D eigenvalue weighted by atomic mass is 32.1. The van der Waals surface area contributed by atoms with Gasteiger partial charge in [0.25, 0.3) is 5.91 Å². The molecule has 2 rings (SSSR count). The van der Waals surface area contributed by atoms with Crippen LogP contribution in [0.3, 0.4) is 0 Å². The maximum Gasteiger partial charge on any atom is 0.265 e. The second kappa shape index (κ2) is 5.52. The predicted octanol–water partition coefficient (Wildman–Crippen LogP) is 0.931. The SMILES string of the molecule is CC(C)c1nnsc1C(=O)NCC1(O)CCOC1C. The lowest BCUT2D eigenvalue weighted by Crippen LogP contribution is -2.47. The molecule has 2 atom stereocenters. The second-order valence-electron chi connectivity index (χ2n) is 5.19. The lowest BCUT2D eigenvalue weighted by Gasteiger charge is -2.26. The van der Waals surface area contributed by atoms with Crippen LogP contribution in [0.4, 0.5) is 0 Å². The first-order valence-corrected chi connectivity index (χ1v) is 7.16. The molecule has 2 heterocycles. The highest BCUT2D eigenvalue weighted by Gasteiger charge is 2.39. The van der Waals surface area contributed by atoms with Crippen LogP contribution < -0.4 is 5.32 Å². The van der Waals surface area contributed by atoms with Gasteiger partial charge in [-0.05, 0) is 24.4 Å². The Balaban J connectivity index is 2.00. The normalized spacial score (nSPS) is 26.9. The highest BCUT2D eigenvalue weighted by molar-refractivity contribution is 7.08. The molecule has 1 aromatic rings. The fraction of sp³-hybridized carbons (Fsp3) is 0.750. The molecule has 0 bridgehead atoms. The first-order chi connectivity index (χ1) is 8.94. The van der Waals surface area contributed by atoms with Crippen LogP contribution in [0.25, 0.3) is 0 Å². The molecule has 106 valence electrons. The molecule has 0 saturated carbocycles. The standard InChI is InChI=1S/C12H19N3O3S/c1-7(2)9-10(19-15-14-9)11(16)13-6-12(17)4-5-18-8(12)3/h7-8,17H,4-6H2,1-3H3,(H,13,16). The number of amides is 1. The maximum absolute atomic E-state index is 12.1. The molecule has 1 aromatic heterocycles. The minimum atomic E-state index is -0.980. The largest absolute Gasteiger partial charge is 0.385 e. The van der Waals surface area contributed by atoms with Crippen molar-refractivity contribution in [1.29, 1.82) is 0 Å². The van der Waals surface area contributed by atoms with Gasteiger partial charge in [-0.3, -0.25) is 4.79 Å². The number of hydrogen-bond acceptors (Lipinski definition) is 6. The van der Waals surface area contributed by atoms with Gasteiger partial charge in [0.05, 0.1) is 11.8 Å². The third kappa shape index (κ3) is 2.93. The summed E-state index contributed by atoms with van der Waals surface area (Å²) in [6.07, 6.45) is 0.267. The number of ether oxygens (including phenoxy) is 1. The summed E-state index contributed by atoms with van der Waals surface area (Å²) in [6.45, 7) is 6.45. The van der Waals surface area contributed by atoms with Gasteiger partial charge in [-0.1, -0.05) is 18.3 Å². The Bertz CT molecular complexity index is 463. The molecular formula is C12H19N3O3S. The van der Waals surface area contributed by atoms with E-state index >= 15 is 0 Å². The molecule has 2 unspecified atom stereocenters. The van der Waals surface area contributed by atoms with Crippen molar-refractivity contribution in [2.45, 2.75) is 44.8 Å². The lowest BCUT2D eigenvalue weighted by molar-refractivity contribution is -0.0251. The van der Waals surface area contributed by atoms with Crippen molar-refractivity contribution in [2.24, 2.45) is 0 Å². The van der Waals surface area contributed by atoms with E-state index in [2.05, 4.69) is 14.9 Å². The molecule has 2 N–H and O–H groups in total. The molecule has 19 heavy (non-hydrogen) atoms. The second-order valence-corrected chi connectivity index (χ2v) is 5.95. The Morgan fingerprint density at radius 3 is 3.00 bits per heavy atom. The van der Waals surface area contributed by atoms with Crippen molar-refractivity contribution < 1.29 is 14.6 Å². The summed E-state index contributed by atoms with van der Waals surface area (Å²) >= 11 is 1.08. The number of hydrogen-bond donors (Lipinski definition) is 2. The van der Waals surface area contributed by atoms with E-state index in [4.69, 9.17) is 4.74 Å². The number of carbonyl (C=O) groups is 1. The Morgan fingerprint density at radius 1 is 1.68 bits per heavy atom. The van der Waals surface area contributed by atoms with Gasteiger partial charge in [0.1, 0.15) is 10.5 Å². The van der Waals surface area contributed by atoms with Crippen molar-refractivity contribution in [2.75, 3.05) is 13.2 Å². The van der Waals surface area contributed by atoms with Crippen molar-refractivity contribution >= 4 is 17.4 Å². The first-order valence-electron chi connectivity index (χ1n) is 6.38. The third-order valence-corrected chi connectivity index (χ3v) is 4.22. The molecule has 1 saturated heterocycles. The molecule has 0 aromatic carbocycles. The summed E-state index contributed by atoms with van der Waals surface area (Å²) in [7, 11) is 0. The quantitative estimate of drug-likeness (QED) is 0.859. The fourth-order valence-corrected chi connectivity index (χ4v) is 2.78. The zero-order chi connectivity index (χ0) is 14.0. The maximum atomic E-state index is 12.1. The van der Waals surface area contributed by atoms with Gasteiger partial charge in [0.2, 0.25) is 0 Å². The van der Waals surface area contributed by atoms with Gasteiger partial charge < -0.3 is 15.2 Å². The zero-order valence-corrected chi connectivity index (χ0v) is 12.2. The number of aromatic nitrogens is 2. The minimum absolute atomic E-state index is 0.149. The van der Waals surface area contributed by atoms with E-state index in [1.165, 1.54) is 0 Å². The Labute approximate surface area is 116 Å². The summed E-state index contributed by atoms with van der Waals surface area (Å²) in [5, 5.41) is 17.0. The molecule has 1 amide bonds. The molecule has 1 fully saturated rings. The van der Waals surface area contributed by atoms with E-state index in [1.807, 2.05) is 20.8 Å². The smallest absolute Gasteiger partial charge is 0.265 e. The van der Waals surface area contributed by atoms with Gasteiger partial charge in [-0.2, -0.15) is 0 Å². The average molecular weight is 285 g/mol. The van der Waals surface area contributed by atoms with E-state index in [0.29, 0.717) is 23.6 Å². The van der Waals surface area contributed by atoms with Crippen LogP contribution >= 0.6 is 11.5 Å². The summed E-state index contributed by atoms with van der Waals surface area (Å²) in [5.74, 6) is -0.0810. The van der Waals surface area contributed by atoms with Gasteiger partial charge in [-0.15, -0.1) is 5.10 Å². The number of aliphatic hydroxyl groups is 1. The van der Waals surface area contributed by atoms with Crippen LogP contribution in [0, 0.1) is 0 Å². The summed E-state index contributed by atoms with van der Waals surface area (Å²) in [4.78, 5) is 12.6. The van der Waals surface area contributed by atoms with Crippen molar-refractivity contribution in [3.63, 3.8) is 0 Å². The predicted molar refractivity (Wildman–Crippen MR) is 71.3 cm³/mol. The fourth-order valence-electron chi connectivity index (χ4n) is 2.05. The molecule has 7 heteroatoms. The van der Waals surface area contributed by atoms with E-state index in [-0.39, 0.29) is 24.5 Å². The average Bonchev–Trinajstić information content (AvgIpc) is 2.95. The highest BCUT2D eigenvalue weighted by Crippen LogP contribution is 2.25. The van der Waals surface area contributed by atoms with Crippen molar-refractivity contribution in [1.82, 2.24) is 14.9 Å². The molecule has 0 aliphatic carbocycles. The Hall–Kier alpha value is -1.05. The Kier molecular flexibility index (Phi) is 4.17. The van der Waals surface area contributed by atoms with E-state index < -0.39 is 5.60 Å². The van der Waals surface area contributed by atoms with E-state index in [1.54, 1.807) is 0 Å². The van der Waals surface area contributed by atoms with Crippen LogP contribution in [0.5, 0.6) is 0 Å². The summed E-state index contributed by atoms with van der Waals surface area (Å²) in [5.41, 5.74) is -0.281. The zero-order valence-electron chi connectivity index (χ0n) is 11.3. The minimum Gasteiger partial charge on any atom is -0.385 e. The summed E-state index contributed by atoms with van der Waals surface area (Å²) < 4.78 is 9.15. The molecule has 0 spiro atoms. The molecule has 1 aliphatic rings. The topological polar surface area (TPSA) is 84.3 Å². The molecular weight excluding hydrogens is 266 g/mol. The van der Waals surface area contributed by atoms with Gasteiger partial charge in [0.15, 0.2) is 0 Å². The van der Waals surface area contributed by atoms with E-state index in [9.17, 15) is 9.90 Å². The molecule has 1 aliphatic heterocycles. The van der Waals surface area contributed by atoms with Gasteiger partial charge in [0, 0.05) is 19.6 Å². The van der Waals surface area contributed by atoms with Crippen LogP contribution in [0.1, 0.15) is 48.5 Å². The monoisotopic (exact) mass is 285 g/mol. The number of carbonyl (C=O) groups excluding carboxylic acids is 1. The number of rotatable bonds is 4. The summed E-state index contributed by atoms with van der Waals surface area (Å²) in [6, 6.07) is 0. The molecule has 0 radical (unpaired) electrons. The van der Waals surface area contributed by atoms with Gasteiger partial charge >= 0.3 is 0 Å². The van der Waals surface area contributed by atoms with Crippen LogP contribution in [0.2, 0.25) is 0 Å². The first kappa shape index (κ1) is 14.4. The Morgan fingerprint density at radius 2 is 2.42 bits per heavy atom. The number of nitrogens with one attached hydrogen (secondary N) is 1. The third-order valence-electron chi connectivity index (χ3n) is 3.48. The van der Waals surface area contributed by atoms with E-state index in [0.717, 1.165) is 11.5 Å². The van der Waals surface area contributed by atoms with Crippen molar-refractivity contribution in [3.8, 4) is 0 Å². The van der Waals surface area contributed by atoms with Crippen molar-refractivity contribution in [3.05, 3.63) is 10.6 Å². The van der Waals surface area contributed by atoms with Gasteiger partial charge in [-0.25, -0.2) is 0 Å². The van der Waals surface area contributed by atoms with Crippen LogP contribution in [-0.2, 0) is 4.74 Å². The lowest BCUT2D eigenvalue weighted by atomic mass is 9.96.